The number of aromatic nitrogens is 1. The summed E-state index contributed by atoms with van der Waals surface area (Å²) in [7, 11) is 0. The molecule has 2 N–H and O–H groups in total. The molecule has 0 bridgehead atoms. The van der Waals surface area contributed by atoms with E-state index in [1.165, 1.54) is 6.39 Å². The number of aliphatic carboxylic acids is 1. The lowest BCUT2D eigenvalue weighted by Gasteiger charge is -2.33. The number of hydrogen-bond donors (Lipinski definition) is 2. The fourth-order valence-corrected chi connectivity index (χ4v) is 3.36. The van der Waals surface area contributed by atoms with Crippen molar-refractivity contribution >= 4 is 11.9 Å². The summed E-state index contributed by atoms with van der Waals surface area (Å²) in [6.45, 7) is 1.64. The van der Waals surface area contributed by atoms with Crippen LogP contribution in [0.15, 0.2) is 29.0 Å². The van der Waals surface area contributed by atoms with E-state index in [1.54, 1.807) is 18.2 Å². The fourth-order valence-electron chi connectivity index (χ4n) is 3.36. The summed E-state index contributed by atoms with van der Waals surface area (Å²) < 4.78 is 21.7. The molecule has 0 unspecified atom stereocenters. The van der Waals surface area contributed by atoms with E-state index >= 15 is 0 Å². The number of oxazole rings is 1. The zero-order valence-electron chi connectivity index (χ0n) is 15.1. The highest BCUT2D eigenvalue weighted by Gasteiger charge is 2.40. The second-order valence-electron chi connectivity index (χ2n) is 6.77. The molecule has 0 spiro atoms. The van der Waals surface area contributed by atoms with E-state index in [4.69, 9.17) is 18.6 Å². The molecule has 1 fully saturated rings. The molecule has 0 aliphatic carbocycles. The Kier molecular flexibility index (Phi) is 4.91. The van der Waals surface area contributed by atoms with E-state index in [-0.39, 0.29) is 18.0 Å². The molecule has 2 aliphatic heterocycles. The Labute approximate surface area is 160 Å². The second-order valence-corrected chi connectivity index (χ2v) is 6.77. The maximum absolute atomic E-state index is 12.7. The number of ether oxygens (including phenoxy) is 3. The molecule has 2 aromatic rings. The van der Waals surface area contributed by atoms with E-state index < -0.39 is 17.3 Å². The third-order valence-corrected chi connectivity index (χ3v) is 5.08. The number of amides is 1. The Morgan fingerprint density at radius 3 is 2.61 bits per heavy atom. The molecule has 0 saturated carbocycles. The van der Waals surface area contributed by atoms with Gasteiger partial charge < -0.3 is 29.1 Å². The van der Waals surface area contributed by atoms with Crippen LogP contribution in [0.3, 0.4) is 0 Å². The lowest BCUT2D eigenvalue weighted by Crippen LogP contribution is -2.46. The summed E-state index contributed by atoms with van der Waals surface area (Å²) >= 11 is 0. The predicted octanol–water partition coefficient (Wildman–Crippen LogP) is 1.72. The molecule has 1 aromatic heterocycles. The highest BCUT2D eigenvalue weighted by Crippen LogP contribution is 2.35. The highest BCUT2D eigenvalue weighted by molar-refractivity contribution is 5.98. The Bertz CT molecular complexity index is 886. The van der Waals surface area contributed by atoms with Crippen LogP contribution in [0.5, 0.6) is 11.5 Å². The Balaban J connectivity index is 1.52. The number of carbonyl (C=O) groups excluding carboxylic acids is 1. The van der Waals surface area contributed by atoms with Gasteiger partial charge in [-0.2, -0.15) is 0 Å². The van der Waals surface area contributed by atoms with Crippen LogP contribution in [0.1, 0.15) is 23.3 Å². The molecular formula is C19H20N2O7. The van der Waals surface area contributed by atoms with Crippen molar-refractivity contribution < 1.29 is 33.3 Å². The van der Waals surface area contributed by atoms with Crippen LogP contribution in [0.4, 0.5) is 0 Å². The Hall–Kier alpha value is -3.07. The summed E-state index contributed by atoms with van der Waals surface area (Å²) in [6, 6.07) is 5.22. The monoisotopic (exact) mass is 388 g/mol. The SMILES string of the molecule is O=C(NCC1(C(=O)O)CCOCC1)c1ncoc1-c1ccc2c(c1)OCCO2. The average Bonchev–Trinajstić information content (AvgIpc) is 3.22. The normalized spacial score (nSPS) is 17.7. The first-order valence-electron chi connectivity index (χ1n) is 9.02. The standard InChI is InChI=1S/C19H20N2O7/c22-17(20-10-19(18(23)24)3-5-25-6-4-19)15-16(28-11-21-15)12-1-2-13-14(9-12)27-8-7-26-13/h1-2,9,11H,3-8,10H2,(H,20,22)(H,23,24). The van der Waals surface area contributed by atoms with Crippen molar-refractivity contribution in [1.29, 1.82) is 0 Å². The van der Waals surface area contributed by atoms with Crippen molar-refractivity contribution in [1.82, 2.24) is 10.3 Å². The van der Waals surface area contributed by atoms with E-state index in [0.29, 0.717) is 56.3 Å². The quantitative estimate of drug-likeness (QED) is 0.794. The van der Waals surface area contributed by atoms with Gasteiger partial charge >= 0.3 is 5.97 Å². The van der Waals surface area contributed by atoms with Crippen LogP contribution in [-0.4, -0.2) is 54.9 Å². The number of carbonyl (C=O) groups is 2. The average molecular weight is 388 g/mol. The Morgan fingerprint density at radius 2 is 1.86 bits per heavy atom. The molecule has 2 aliphatic rings. The molecular weight excluding hydrogens is 368 g/mol. The third kappa shape index (κ3) is 3.40. The molecule has 28 heavy (non-hydrogen) atoms. The third-order valence-electron chi connectivity index (χ3n) is 5.08. The van der Waals surface area contributed by atoms with Gasteiger partial charge in [0, 0.05) is 25.3 Å². The van der Waals surface area contributed by atoms with Crippen molar-refractivity contribution in [3.05, 3.63) is 30.3 Å². The number of carboxylic acids is 1. The molecule has 9 nitrogen and oxygen atoms in total. The van der Waals surface area contributed by atoms with Gasteiger partial charge in [0.25, 0.3) is 5.91 Å². The van der Waals surface area contributed by atoms with Gasteiger partial charge in [-0.15, -0.1) is 0 Å². The molecule has 1 amide bonds. The zero-order chi connectivity index (χ0) is 19.6. The highest BCUT2D eigenvalue weighted by atomic mass is 16.6. The summed E-state index contributed by atoms with van der Waals surface area (Å²) in [5.74, 6) is 0.0434. The van der Waals surface area contributed by atoms with Crippen LogP contribution < -0.4 is 14.8 Å². The molecule has 148 valence electrons. The van der Waals surface area contributed by atoms with E-state index in [1.807, 2.05) is 0 Å². The van der Waals surface area contributed by atoms with Gasteiger partial charge in [0.15, 0.2) is 29.3 Å². The summed E-state index contributed by atoms with van der Waals surface area (Å²) in [4.78, 5) is 28.4. The maximum atomic E-state index is 12.7. The number of fused-ring (bicyclic) bond motifs is 1. The topological polar surface area (TPSA) is 120 Å². The lowest BCUT2D eigenvalue weighted by molar-refractivity contribution is -0.154. The summed E-state index contributed by atoms with van der Waals surface area (Å²) in [5, 5.41) is 12.3. The van der Waals surface area contributed by atoms with Crippen molar-refractivity contribution in [2.24, 2.45) is 5.41 Å². The summed E-state index contributed by atoms with van der Waals surface area (Å²) in [5.41, 5.74) is -0.329. The van der Waals surface area contributed by atoms with Gasteiger partial charge in [-0.25, -0.2) is 4.98 Å². The fraction of sp³-hybridized carbons (Fsp3) is 0.421. The van der Waals surface area contributed by atoms with E-state index in [9.17, 15) is 14.7 Å². The first-order valence-corrected chi connectivity index (χ1v) is 9.02. The number of nitrogens with one attached hydrogen (secondary N) is 1. The van der Waals surface area contributed by atoms with Crippen molar-refractivity contribution in [2.75, 3.05) is 33.0 Å². The number of nitrogens with zero attached hydrogens (tertiary/aromatic N) is 1. The van der Waals surface area contributed by atoms with Crippen LogP contribution in [0.25, 0.3) is 11.3 Å². The van der Waals surface area contributed by atoms with Crippen LogP contribution in [-0.2, 0) is 9.53 Å². The van der Waals surface area contributed by atoms with E-state index in [0.717, 1.165) is 0 Å². The van der Waals surface area contributed by atoms with Gasteiger partial charge in [0.2, 0.25) is 0 Å². The summed E-state index contributed by atoms with van der Waals surface area (Å²) in [6.07, 6.45) is 1.87. The van der Waals surface area contributed by atoms with Gasteiger partial charge in [-0.1, -0.05) is 0 Å². The van der Waals surface area contributed by atoms with Crippen molar-refractivity contribution in [3.8, 4) is 22.8 Å². The second kappa shape index (κ2) is 7.51. The molecule has 4 rings (SSSR count). The lowest BCUT2D eigenvalue weighted by atomic mass is 9.80. The van der Waals surface area contributed by atoms with Crippen LogP contribution in [0.2, 0.25) is 0 Å². The van der Waals surface area contributed by atoms with E-state index in [2.05, 4.69) is 10.3 Å². The van der Waals surface area contributed by atoms with Crippen molar-refractivity contribution in [2.45, 2.75) is 12.8 Å². The smallest absolute Gasteiger partial charge is 0.311 e. The molecule has 0 atom stereocenters. The van der Waals surface area contributed by atoms with Gasteiger partial charge in [-0.05, 0) is 31.0 Å². The largest absolute Gasteiger partial charge is 0.486 e. The number of carboxylic acid groups (broad SMARTS) is 1. The van der Waals surface area contributed by atoms with Gasteiger partial charge in [0.1, 0.15) is 13.2 Å². The van der Waals surface area contributed by atoms with Crippen molar-refractivity contribution in [3.63, 3.8) is 0 Å². The zero-order valence-corrected chi connectivity index (χ0v) is 15.1. The van der Waals surface area contributed by atoms with Crippen LogP contribution in [0, 0.1) is 5.41 Å². The molecule has 1 saturated heterocycles. The molecule has 0 radical (unpaired) electrons. The first-order chi connectivity index (χ1) is 13.6. The first kappa shape index (κ1) is 18.3. The number of rotatable bonds is 5. The minimum atomic E-state index is -1.03. The molecule has 9 heteroatoms. The molecule has 3 heterocycles. The predicted molar refractivity (Wildman–Crippen MR) is 95.4 cm³/mol. The molecule has 1 aromatic carbocycles. The Morgan fingerprint density at radius 1 is 1.11 bits per heavy atom. The number of hydrogen-bond acceptors (Lipinski definition) is 7. The maximum Gasteiger partial charge on any atom is 0.311 e. The minimum Gasteiger partial charge on any atom is -0.486 e. The number of benzene rings is 1. The minimum absolute atomic E-state index is 0.00202. The van der Waals surface area contributed by atoms with Gasteiger partial charge in [0.05, 0.1) is 5.41 Å². The van der Waals surface area contributed by atoms with Gasteiger partial charge in [-0.3, -0.25) is 9.59 Å². The van der Waals surface area contributed by atoms with Crippen LogP contribution >= 0.6 is 0 Å².